The maximum Gasteiger partial charge on any atom is 0.246 e. The number of aliphatic hydroxyl groups is 1. The van der Waals surface area contributed by atoms with Gasteiger partial charge < -0.3 is 14.4 Å². The maximum atomic E-state index is 12.7. The molecule has 1 aliphatic rings. The predicted molar refractivity (Wildman–Crippen MR) is 74.8 cm³/mol. The molecular weight excluding hydrogens is 280 g/mol. The monoisotopic (exact) mass is 302 g/mol. The van der Waals surface area contributed by atoms with Crippen LogP contribution < -0.4 is 0 Å². The van der Waals surface area contributed by atoms with Gasteiger partial charge >= 0.3 is 0 Å². The highest BCUT2D eigenvalue weighted by Crippen LogP contribution is 2.29. The Bertz CT molecular complexity index is 579. The Labute approximate surface area is 120 Å². The smallest absolute Gasteiger partial charge is 0.246 e. The SMILES string of the molecule is Cc1oc(CO)cc1S(=O)(=O)N1CC(C)C(N(C)C)C1. The van der Waals surface area contributed by atoms with Crippen molar-refractivity contribution in [1.29, 1.82) is 0 Å². The summed E-state index contributed by atoms with van der Waals surface area (Å²) in [5.41, 5.74) is 0. The predicted octanol–water partition coefficient (Wildman–Crippen LogP) is 0.651. The van der Waals surface area contributed by atoms with E-state index >= 15 is 0 Å². The lowest BCUT2D eigenvalue weighted by Crippen LogP contribution is -2.35. The normalized spacial score (nSPS) is 24.7. The van der Waals surface area contributed by atoms with Gasteiger partial charge in [0.05, 0.1) is 0 Å². The minimum Gasteiger partial charge on any atom is -0.462 e. The van der Waals surface area contributed by atoms with E-state index in [0.29, 0.717) is 18.8 Å². The van der Waals surface area contributed by atoms with E-state index in [4.69, 9.17) is 9.52 Å². The molecule has 114 valence electrons. The third-order valence-electron chi connectivity index (χ3n) is 3.90. The van der Waals surface area contributed by atoms with Crippen molar-refractivity contribution in [2.24, 2.45) is 5.92 Å². The van der Waals surface area contributed by atoms with Crippen LogP contribution >= 0.6 is 0 Å². The Balaban J connectivity index is 2.30. The fraction of sp³-hybridized carbons (Fsp3) is 0.692. The summed E-state index contributed by atoms with van der Waals surface area (Å²) in [5.74, 6) is 0.886. The highest BCUT2D eigenvalue weighted by Gasteiger charge is 2.39. The second-order valence-corrected chi connectivity index (χ2v) is 7.53. The van der Waals surface area contributed by atoms with E-state index in [2.05, 4.69) is 11.8 Å². The third-order valence-corrected chi connectivity index (χ3v) is 5.84. The van der Waals surface area contributed by atoms with Gasteiger partial charge in [-0.3, -0.25) is 0 Å². The van der Waals surface area contributed by atoms with Crippen LogP contribution in [0.4, 0.5) is 0 Å². The van der Waals surface area contributed by atoms with Crippen molar-refractivity contribution in [3.05, 3.63) is 17.6 Å². The number of likely N-dealkylation sites (N-methyl/N-ethyl adjacent to an activating group) is 1. The highest BCUT2D eigenvalue weighted by atomic mass is 32.2. The molecule has 20 heavy (non-hydrogen) atoms. The van der Waals surface area contributed by atoms with E-state index in [1.54, 1.807) is 6.92 Å². The minimum absolute atomic E-state index is 0.160. The number of nitrogens with zero attached hydrogens (tertiary/aromatic N) is 2. The molecule has 0 bridgehead atoms. The molecule has 1 fully saturated rings. The van der Waals surface area contributed by atoms with Crippen LogP contribution in [0.15, 0.2) is 15.4 Å². The molecule has 1 aromatic rings. The second kappa shape index (κ2) is 5.48. The first-order valence-corrected chi connectivity index (χ1v) is 8.08. The molecule has 1 aromatic heterocycles. The number of hydrogen-bond acceptors (Lipinski definition) is 5. The van der Waals surface area contributed by atoms with Gasteiger partial charge in [0.1, 0.15) is 23.0 Å². The van der Waals surface area contributed by atoms with Gasteiger partial charge in [0.2, 0.25) is 10.0 Å². The van der Waals surface area contributed by atoms with Crippen LogP contribution in [-0.4, -0.2) is 56.0 Å². The Hall–Kier alpha value is -0.890. The second-order valence-electron chi connectivity index (χ2n) is 5.62. The molecule has 7 heteroatoms. The van der Waals surface area contributed by atoms with Gasteiger partial charge in [0.25, 0.3) is 0 Å². The standard InChI is InChI=1S/C13H22N2O4S/c1-9-6-15(7-12(9)14(3)4)20(17,18)13-5-11(8-16)19-10(13)2/h5,9,12,16H,6-8H2,1-4H3. The minimum atomic E-state index is -3.56. The summed E-state index contributed by atoms with van der Waals surface area (Å²) in [5, 5.41) is 9.05. The lowest BCUT2D eigenvalue weighted by atomic mass is 10.1. The van der Waals surface area contributed by atoms with Crippen LogP contribution in [0.5, 0.6) is 0 Å². The Kier molecular flexibility index (Phi) is 4.24. The number of hydrogen-bond donors (Lipinski definition) is 1. The zero-order valence-electron chi connectivity index (χ0n) is 12.3. The van der Waals surface area contributed by atoms with Crippen LogP contribution in [0.25, 0.3) is 0 Å². The van der Waals surface area contributed by atoms with Crippen LogP contribution in [0.1, 0.15) is 18.4 Å². The molecule has 2 rings (SSSR count). The summed E-state index contributed by atoms with van der Waals surface area (Å²) in [7, 11) is 0.369. The summed E-state index contributed by atoms with van der Waals surface area (Å²) in [6.07, 6.45) is 0. The lowest BCUT2D eigenvalue weighted by Gasteiger charge is -2.22. The topological polar surface area (TPSA) is 74.0 Å². The molecule has 2 heterocycles. The molecule has 6 nitrogen and oxygen atoms in total. The van der Waals surface area contributed by atoms with E-state index in [1.807, 2.05) is 14.1 Å². The third kappa shape index (κ3) is 2.63. The zero-order valence-corrected chi connectivity index (χ0v) is 13.1. The Morgan fingerprint density at radius 2 is 2.10 bits per heavy atom. The van der Waals surface area contributed by atoms with E-state index in [1.165, 1.54) is 10.4 Å². The molecule has 0 spiro atoms. The summed E-state index contributed by atoms with van der Waals surface area (Å²) in [6.45, 7) is 4.35. The molecule has 0 saturated carbocycles. The van der Waals surface area contributed by atoms with Gasteiger partial charge in [-0.15, -0.1) is 0 Å². The highest BCUT2D eigenvalue weighted by molar-refractivity contribution is 7.89. The molecule has 1 aliphatic heterocycles. The van der Waals surface area contributed by atoms with Crippen molar-refractivity contribution in [3.8, 4) is 0 Å². The van der Waals surface area contributed by atoms with E-state index in [0.717, 1.165) is 0 Å². The van der Waals surface area contributed by atoms with Crippen LogP contribution in [0.3, 0.4) is 0 Å². The Morgan fingerprint density at radius 1 is 1.45 bits per heavy atom. The van der Waals surface area contributed by atoms with Gasteiger partial charge in [0.15, 0.2) is 0 Å². The molecule has 0 radical (unpaired) electrons. The fourth-order valence-electron chi connectivity index (χ4n) is 2.77. The summed E-state index contributed by atoms with van der Waals surface area (Å²) < 4.78 is 32.1. The zero-order chi connectivity index (χ0) is 15.1. The molecule has 1 saturated heterocycles. The first kappa shape index (κ1) is 15.5. The average molecular weight is 302 g/mol. The van der Waals surface area contributed by atoms with Crippen molar-refractivity contribution in [3.63, 3.8) is 0 Å². The number of aliphatic hydroxyl groups excluding tert-OH is 1. The van der Waals surface area contributed by atoms with Crippen molar-refractivity contribution >= 4 is 10.0 Å². The summed E-state index contributed by atoms with van der Waals surface area (Å²) in [4.78, 5) is 2.22. The number of aryl methyl sites for hydroxylation is 1. The van der Waals surface area contributed by atoms with Gasteiger partial charge in [-0.1, -0.05) is 6.92 Å². The lowest BCUT2D eigenvalue weighted by molar-refractivity contribution is 0.244. The number of sulfonamides is 1. The van der Waals surface area contributed by atoms with Crippen molar-refractivity contribution in [1.82, 2.24) is 9.21 Å². The number of rotatable bonds is 4. The van der Waals surface area contributed by atoms with Gasteiger partial charge in [-0.25, -0.2) is 8.42 Å². The molecule has 0 aliphatic carbocycles. The average Bonchev–Trinajstić information content (AvgIpc) is 2.93. The van der Waals surface area contributed by atoms with Crippen LogP contribution in [0, 0.1) is 12.8 Å². The van der Waals surface area contributed by atoms with Gasteiger partial charge in [-0.05, 0) is 26.9 Å². The molecule has 1 N–H and O–H groups in total. The number of furan rings is 1. The molecule has 2 atom stereocenters. The molecule has 2 unspecified atom stereocenters. The Morgan fingerprint density at radius 3 is 2.55 bits per heavy atom. The van der Waals surface area contributed by atoms with Crippen molar-refractivity contribution < 1.29 is 17.9 Å². The van der Waals surface area contributed by atoms with E-state index in [9.17, 15) is 8.42 Å². The first-order chi connectivity index (χ1) is 9.27. The van der Waals surface area contributed by atoms with Crippen LogP contribution in [0.2, 0.25) is 0 Å². The van der Waals surface area contributed by atoms with Gasteiger partial charge in [0, 0.05) is 25.2 Å². The molecule has 0 amide bonds. The quantitative estimate of drug-likeness (QED) is 0.884. The summed E-state index contributed by atoms with van der Waals surface area (Å²) >= 11 is 0. The van der Waals surface area contributed by atoms with E-state index in [-0.39, 0.29) is 29.2 Å². The molecule has 0 aromatic carbocycles. The maximum absolute atomic E-state index is 12.7. The van der Waals surface area contributed by atoms with Crippen molar-refractivity contribution in [2.75, 3.05) is 27.2 Å². The van der Waals surface area contributed by atoms with Gasteiger partial charge in [-0.2, -0.15) is 4.31 Å². The summed E-state index contributed by atoms with van der Waals surface area (Å²) in [6, 6.07) is 1.63. The first-order valence-electron chi connectivity index (χ1n) is 6.64. The van der Waals surface area contributed by atoms with Crippen molar-refractivity contribution in [2.45, 2.75) is 31.4 Å². The van der Waals surface area contributed by atoms with E-state index < -0.39 is 10.0 Å². The fourth-order valence-corrected chi connectivity index (χ4v) is 4.52. The molecular formula is C13H22N2O4S. The largest absolute Gasteiger partial charge is 0.462 e. The van der Waals surface area contributed by atoms with Crippen LogP contribution in [-0.2, 0) is 16.6 Å².